The maximum Gasteiger partial charge on any atom is 0.128 e. The molecule has 3 heteroatoms. The highest BCUT2D eigenvalue weighted by molar-refractivity contribution is 5.31. The van der Waals surface area contributed by atoms with Crippen LogP contribution in [0.2, 0.25) is 0 Å². The summed E-state index contributed by atoms with van der Waals surface area (Å²) in [5.74, 6) is -0.144. The lowest BCUT2D eigenvalue weighted by molar-refractivity contribution is 0.276. The molecule has 1 aliphatic carbocycles. The molecular weight excluding hydrogens is 251 g/mol. The fraction of sp³-hybridized carbons (Fsp3) is 0.412. The zero-order valence-corrected chi connectivity index (χ0v) is 12.1. The summed E-state index contributed by atoms with van der Waals surface area (Å²) in [6, 6.07) is 9.15. The molecule has 20 heavy (non-hydrogen) atoms. The van der Waals surface area contributed by atoms with Crippen LogP contribution in [0.25, 0.3) is 0 Å². The van der Waals surface area contributed by atoms with Crippen LogP contribution in [0, 0.1) is 11.2 Å². The summed E-state index contributed by atoms with van der Waals surface area (Å²) >= 11 is 0. The van der Waals surface area contributed by atoms with Crippen molar-refractivity contribution < 1.29 is 4.39 Å². The number of benzene rings is 1. The van der Waals surface area contributed by atoms with Crippen molar-refractivity contribution in [2.45, 2.75) is 39.3 Å². The van der Waals surface area contributed by atoms with Gasteiger partial charge in [0.25, 0.3) is 0 Å². The van der Waals surface area contributed by atoms with Crippen molar-refractivity contribution in [3.63, 3.8) is 0 Å². The van der Waals surface area contributed by atoms with Crippen molar-refractivity contribution in [1.29, 1.82) is 0 Å². The normalized spacial score (nSPS) is 20.7. The van der Waals surface area contributed by atoms with Crippen LogP contribution >= 0.6 is 0 Å². The molecule has 0 amide bonds. The Labute approximate surface area is 119 Å². The molecule has 0 saturated heterocycles. The minimum atomic E-state index is -0.144. The summed E-state index contributed by atoms with van der Waals surface area (Å²) in [5.41, 5.74) is 9.69. The van der Waals surface area contributed by atoms with Crippen LogP contribution in [-0.4, -0.2) is 4.57 Å². The Kier molecular flexibility index (Phi) is 3.17. The van der Waals surface area contributed by atoms with E-state index < -0.39 is 0 Å². The fourth-order valence-electron chi connectivity index (χ4n) is 3.25. The Morgan fingerprint density at radius 3 is 2.80 bits per heavy atom. The quantitative estimate of drug-likeness (QED) is 0.889. The van der Waals surface area contributed by atoms with Crippen molar-refractivity contribution >= 4 is 0 Å². The molecule has 2 nitrogen and oxygen atoms in total. The number of halogens is 1. The average Bonchev–Trinajstić information content (AvgIpc) is 2.74. The molecule has 0 aliphatic heterocycles. The van der Waals surface area contributed by atoms with Gasteiger partial charge in [-0.05, 0) is 36.0 Å². The third-order valence-electron chi connectivity index (χ3n) is 4.23. The van der Waals surface area contributed by atoms with Gasteiger partial charge in [-0.1, -0.05) is 32.0 Å². The lowest BCUT2D eigenvalue weighted by Gasteiger charge is -2.34. The number of hydrogen-bond donors (Lipinski definition) is 1. The Morgan fingerprint density at radius 1 is 1.30 bits per heavy atom. The molecule has 1 heterocycles. The standard InChI is InChI=1S/C17H21FN2/c1-17(2)9-15(19)13-7-8-20(16(13)10-17)11-12-5-3-4-6-14(12)18/h3-8,15H,9-11,19H2,1-2H3. The number of nitrogens with two attached hydrogens (primary N) is 1. The maximum atomic E-state index is 13.8. The maximum absolute atomic E-state index is 13.8. The molecule has 0 spiro atoms. The van der Waals surface area contributed by atoms with E-state index in [1.54, 1.807) is 6.07 Å². The van der Waals surface area contributed by atoms with E-state index in [0.717, 1.165) is 18.4 Å². The Morgan fingerprint density at radius 2 is 2.05 bits per heavy atom. The summed E-state index contributed by atoms with van der Waals surface area (Å²) in [5, 5.41) is 0. The Bertz CT molecular complexity index is 628. The second-order valence-corrected chi connectivity index (χ2v) is 6.59. The highest BCUT2D eigenvalue weighted by Crippen LogP contribution is 2.40. The zero-order valence-electron chi connectivity index (χ0n) is 12.1. The van der Waals surface area contributed by atoms with Gasteiger partial charge in [-0.25, -0.2) is 4.39 Å². The number of nitrogens with zero attached hydrogens (tertiary/aromatic N) is 1. The van der Waals surface area contributed by atoms with Gasteiger partial charge in [0.2, 0.25) is 0 Å². The monoisotopic (exact) mass is 272 g/mol. The highest BCUT2D eigenvalue weighted by Gasteiger charge is 2.32. The smallest absolute Gasteiger partial charge is 0.128 e. The summed E-state index contributed by atoms with van der Waals surface area (Å²) in [4.78, 5) is 0. The van der Waals surface area contributed by atoms with Crippen molar-refractivity contribution in [2.75, 3.05) is 0 Å². The van der Waals surface area contributed by atoms with Gasteiger partial charge < -0.3 is 10.3 Å². The number of fused-ring (bicyclic) bond motifs is 1. The molecule has 2 aromatic rings. The number of rotatable bonds is 2. The van der Waals surface area contributed by atoms with Gasteiger partial charge in [0, 0.05) is 23.5 Å². The van der Waals surface area contributed by atoms with Gasteiger partial charge in [-0.15, -0.1) is 0 Å². The van der Waals surface area contributed by atoms with Crippen molar-refractivity contribution in [1.82, 2.24) is 4.57 Å². The second kappa shape index (κ2) is 4.74. The summed E-state index contributed by atoms with van der Waals surface area (Å²) in [7, 11) is 0. The second-order valence-electron chi connectivity index (χ2n) is 6.59. The van der Waals surface area contributed by atoms with Gasteiger partial charge >= 0.3 is 0 Å². The van der Waals surface area contributed by atoms with Crippen LogP contribution in [0.4, 0.5) is 4.39 Å². The van der Waals surface area contributed by atoms with Crippen molar-refractivity contribution in [3.05, 3.63) is 59.2 Å². The van der Waals surface area contributed by atoms with Crippen molar-refractivity contribution in [2.24, 2.45) is 11.1 Å². The van der Waals surface area contributed by atoms with E-state index in [4.69, 9.17) is 5.73 Å². The first-order chi connectivity index (χ1) is 9.46. The van der Waals surface area contributed by atoms with Crippen LogP contribution in [0.1, 0.15) is 43.1 Å². The van der Waals surface area contributed by atoms with Crippen LogP contribution in [-0.2, 0) is 13.0 Å². The third-order valence-corrected chi connectivity index (χ3v) is 4.23. The van der Waals surface area contributed by atoms with Crippen LogP contribution in [0.3, 0.4) is 0 Å². The number of hydrogen-bond acceptors (Lipinski definition) is 1. The van der Waals surface area contributed by atoms with E-state index in [-0.39, 0.29) is 17.3 Å². The molecule has 0 bridgehead atoms. The Balaban J connectivity index is 1.95. The van der Waals surface area contributed by atoms with Crippen LogP contribution < -0.4 is 5.73 Å². The van der Waals surface area contributed by atoms with Gasteiger partial charge in [-0.3, -0.25) is 0 Å². The molecule has 1 aromatic heterocycles. The molecule has 0 radical (unpaired) electrons. The molecular formula is C17H21FN2. The van der Waals surface area contributed by atoms with E-state index in [1.165, 1.54) is 17.3 Å². The molecule has 3 rings (SSSR count). The van der Waals surface area contributed by atoms with E-state index in [2.05, 4.69) is 24.5 Å². The van der Waals surface area contributed by atoms with E-state index in [9.17, 15) is 4.39 Å². The van der Waals surface area contributed by atoms with Gasteiger partial charge in [0.05, 0.1) is 6.54 Å². The largest absolute Gasteiger partial charge is 0.347 e. The molecule has 1 unspecified atom stereocenters. The van der Waals surface area contributed by atoms with Crippen molar-refractivity contribution in [3.8, 4) is 0 Å². The highest BCUT2D eigenvalue weighted by atomic mass is 19.1. The molecule has 1 aromatic carbocycles. The molecule has 0 fully saturated rings. The average molecular weight is 272 g/mol. The minimum absolute atomic E-state index is 0.0932. The minimum Gasteiger partial charge on any atom is -0.347 e. The fourth-order valence-corrected chi connectivity index (χ4v) is 3.25. The van der Waals surface area contributed by atoms with Gasteiger partial charge in [-0.2, -0.15) is 0 Å². The Hall–Kier alpha value is -1.61. The van der Waals surface area contributed by atoms with Crippen LogP contribution in [0.15, 0.2) is 36.5 Å². The topological polar surface area (TPSA) is 30.9 Å². The molecule has 1 aliphatic rings. The zero-order chi connectivity index (χ0) is 14.3. The summed E-state index contributed by atoms with van der Waals surface area (Å²) in [6.45, 7) is 5.07. The predicted molar refractivity (Wildman–Crippen MR) is 79.0 cm³/mol. The molecule has 1 atom stereocenters. The predicted octanol–water partition coefficient (Wildman–Crippen LogP) is 3.65. The first-order valence-electron chi connectivity index (χ1n) is 7.13. The van der Waals surface area contributed by atoms with Gasteiger partial charge in [0.1, 0.15) is 5.82 Å². The first-order valence-corrected chi connectivity index (χ1v) is 7.13. The molecule has 106 valence electrons. The third kappa shape index (κ3) is 2.38. The van der Waals surface area contributed by atoms with E-state index in [1.807, 2.05) is 18.3 Å². The lowest BCUT2D eigenvalue weighted by atomic mass is 9.74. The van der Waals surface area contributed by atoms with E-state index >= 15 is 0 Å². The molecule has 0 saturated carbocycles. The molecule has 2 N–H and O–H groups in total. The van der Waals surface area contributed by atoms with Crippen LogP contribution in [0.5, 0.6) is 0 Å². The lowest BCUT2D eigenvalue weighted by Crippen LogP contribution is -2.30. The number of aromatic nitrogens is 1. The van der Waals surface area contributed by atoms with Gasteiger partial charge in [0.15, 0.2) is 0 Å². The SMILES string of the molecule is CC1(C)Cc2c(ccn2Cc2ccccc2F)C(N)C1. The summed E-state index contributed by atoms with van der Waals surface area (Å²) in [6.07, 6.45) is 4.04. The first kappa shape index (κ1) is 13.4. The van der Waals surface area contributed by atoms with E-state index in [0.29, 0.717) is 6.54 Å². The summed E-state index contributed by atoms with van der Waals surface area (Å²) < 4.78 is 16.0.